The van der Waals surface area contributed by atoms with E-state index in [-0.39, 0.29) is 11.3 Å². The quantitative estimate of drug-likeness (QED) is 0.573. The van der Waals surface area contributed by atoms with Crippen LogP contribution in [0.4, 0.5) is 0 Å². The second kappa shape index (κ2) is 3.92. The fourth-order valence-electron chi connectivity index (χ4n) is 1.53. The van der Waals surface area contributed by atoms with E-state index in [9.17, 15) is 0 Å². The van der Waals surface area contributed by atoms with Crippen molar-refractivity contribution in [3.05, 3.63) is 29.8 Å². The van der Waals surface area contributed by atoms with Gasteiger partial charge in [0.25, 0.3) is 0 Å². The molecule has 0 aromatic heterocycles. The van der Waals surface area contributed by atoms with E-state index in [0.717, 1.165) is 17.9 Å². The van der Waals surface area contributed by atoms with E-state index >= 15 is 0 Å². The predicted molar refractivity (Wildman–Crippen MR) is 58.9 cm³/mol. The standard InChI is InChI=1S/C10H12N2OS/c11-10(12)14-6-8-5-7-3-1-2-4-9(7)13-8/h1-4,8H,5-6H2,(H3,11,12). The van der Waals surface area contributed by atoms with Crippen molar-refractivity contribution in [2.75, 3.05) is 5.75 Å². The van der Waals surface area contributed by atoms with E-state index in [2.05, 4.69) is 6.07 Å². The summed E-state index contributed by atoms with van der Waals surface area (Å²) in [6.07, 6.45) is 1.09. The second-order valence-corrected chi connectivity index (χ2v) is 4.29. The maximum absolute atomic E-state index is 7.10. The fourth-order valence-corrected chi connectivity index (χ4v) is 2.08. The number of nitrogens with two attached hydrogens (primary N) is 1. The van der Waals surface area contributed by atoms with Crippen LogP contribution in [0.2, 0.25) is 0 Å². The van der Waals surface area contributed by atoms with Crippen molar-refractivity contribution in [1.82, 2.24) is 0 Å². The Labute approximate surface area is 87.1 Å². The normalized spacial score (nSPS) is 18.7. The molecule has 0 saturated heterocycles. The van der Waals surface area contributed by atoms with Crippen molar-refractivity contribution in [3.8, 4) is 5.75 Å². The summed E-state index contributed by atoms with van der Waals surface area (Å²) in [5, 5.41) is 7.26. The maximum atomic E-state index is 7.10. The number of amidine groups is 1. The van der Waals surface area contributed by atoms with Gasteiger partial charge in [-0.05, 0) is 11.6 Å². The average molecular weight is 208 g/mol. The van der Waals surface area contributed by atoms with E-state index < -0.39 is 0 Å². The van der Waals surface area contributed by atoms with E-state index in [0.29, 0.717) is 0 Å². The van der Waals surface area contributed by atoms with Crippen LogP contribution in [0.5, 0.6) is 5.75 Å². The minimum absolute atomic E-state index is 0.157. The van der Waals surface area contributed by atoms with Gasteiger partial charge in [-0.1, -0.05) is 30.0 Å². The van der Waals surface area contributed by atoms with Crippen molar-refractivity contribution >= 4 is 16.9 Å². The monoisotopic (exact) mass is 208 g/mol. The maximum Gasteiger partial charge on any atom is 0.151 e. The first kappa shape index (κ1) is 9.40. The molecule has 1 atom stereocenters. The number of ether oxygens (including phenoxy) is 1. The number of para-hydroxylation sites is 1. The average Bonchev–Trinajstić information content (AvgIpc) is 2.57. The molecule has 4 heteroatoms. The number of thioether (sulfide) groups is 1. The van der Waals surface area contributed by atoms with Crippen LogP contribution in [-0.4, -0.2) is 17.0 Å². The zero-order valence-electron chi connectivity index (χ0n) is 7.69. The Kier molecular flexibility index (Phi) is 2.63. The summed E-state index contributed by atoms with van der Waals surface area (Å²) < 4.78 is 5.68. The molecule has 1 aromatic rings. The van der Waals surface area contributed by atoms with Crippen LogP contribution in [-0.2, 0) is 6.42 Å². The molecule has 1 heterocycles. The zero-order chi connectivity index (χ0) is 9.97. The third-order valence-corrected chi connectivity index (χ3v) is 2.99. The highest BCUT2D eigenvalue weighted by atomic mass is 32.2. The van der Waals surface area contributed by atoms with Gasteiger partial charge < -0.3 is 10.5 Å². The first-order valence-electron chi connectivity index (χ1n) is 4.47. The Morgan fingerprint density at radius 3 is 3.07 bits per heavy atom. The Morgan fingerprint density at radius 2 is 2.36 bits per heavy atom. The SMILES string of the molecule is N=C(N)SCC1Cc2ccccc2O1. The van der Waals surface area contributed by atoms with Gasteiger partial charge in [0.2, 0.25) is 0 Å². The highest BCUT2D eigenvalue weighted by molar-refractivity contribution is 8.13. The number of nitrogens with one attached hydrogen (secondary N) is 1. The van der Waals surface area contributed by atoms with Gasteiger partial charge in [0.15, 0.2) is 5.17 Å². The van der Waals surface area contributed by atoms with Crippen LogP contribution in [0.1, 0.15) is 5.56 Å². The minimum Gasteiger partial charge on any atom is -0.489 e. The minimum atomic E-state index is 0.157. The summed E-state index contributed by atoms with van der Waals surface area (Å²) in [5.41, 5.74) is 6.52. The summed E-state index contributed by atoms with van der Waals surface area (Å²) in [6.45, 7) is 0. The van der Waals surface area contributed by atoms with Crippen LogP contribution >= 0.6 is 11.8 Å². The Bertz CT molecular complexity index is 329. The molecule has 2 rings (SSSR count). The Morgan fingerprint density at radius 1 is 1.57 bits per heavy atom. The molecule has 1 aliphatic rings. The topological polar surface area (TPSA) is 59.1 Å². The van der Waals surface area contributed by atoms with Gasteiger partial charge in [-0.3, -0.25) is 5.41 Å². The lowest BCUT2D eigenvalue weighted by Crippen LogP contribution is -2.18. The van der Waals surface area contributed by atoms with E-state index in [1.807, 2.05) is 18.2 Å². The third kappa shape index (κ3) is 2.01. The van der Waals surface area contributed by atoms with Gasteiger partial charge in [-0.15, -0.1) is 0 Å². The summed E-state index contributed by atoms with van der Waals surface area (Å²) in [6, 6.07) is 8.05. The summed E-state index contributed by atoms with van der Waals surface area (Å²) >= 11 is 1.34. The Balaban J connectivity index is 1.95. The number of fused-ring (bicyclic) bond motifs is 1. The number of hydrogen-bond acceptors (Lipinski definition) is 3. The van der Waals surface area contributed by atoms with Crippen molar-refractivity contribution < 1.29 is 4.74 Å². The third-order valence-electron chi connectivity index (χ3n) is 2.14. The fraction of sp³-hybridized carbons (Fsp3) is 0.300. The number of benzene rings is 1. The lowest BCUT2D eigenvalue weighted by atomic mass is 10.1. The molecule has 0 bridgehead atoms. The molecule has 3 nitrogen and oxygen atoms in total. The molecule has 74 valence electrons. The molecule has 0 saturated carbocycles. The molecule has 14 heavy (non-hydrogen) atoms. The van der Waals surface area contributed by atoms with Crippen LogP contribution in [0.15, 0.2) is 24.3 Å². The second-order valence-electron chi connectivity index (χ2n) is 3.23. The summed E-state index contributed by atoms with van der Waals surface area (Å²) in [4.78, 5) is 0. The predicted octanol–water partition coefficient (Wildman–Crippen LogP) is 1.62. The zero-order valence-corrected chi connectivity index (χ0v) is 8.51. The summed E-state index contributed by atoms with van der Waals surface area (Å²) in [5.74, 6) is 1.73. The highest BCUT2D eigenvalue weighted by Gasteiger charge is 2.22. The Hall–Kier alpha value is -1.16. The first-order chi connectivity index (χ1) is 6.75. The smallest absolute Gasteiger partial charge is 0.151 e. The molecule has 0 radical (unpaired) electrons. The molecule has 3 N–H and O–H groups in total. The molecule has 0 amide bonds. The molecule has 1 aromatic carbocycles. The van der Waals surface area contributed by atoms with Crippen LogP contribution in [0.25, 0.3) is 0 Å². The van der Waals surface area contributed by atoms with Crippen molar-refractivity contribution in [3.63, 3.8) is 0 Å². The van der Waals surface area contributed by atoms with Gasteiger partial charge >= 0.3 is 0 Å². The van der Waals surface area contributed by atoms with Gasteiger partial charge in [0, 0.05) is 12.2 Å². The number of rotatable bonds is 2. The van der Waals surface area contributed by atoms with E-state index in [1.54, 1.807) is 0 Å². The molecular weight excluding hydrogens is 196 g/mol. The van der Waals surface area contributed by atoms with Crippen molar-refractivity contribution in [2.45, 2.75) is 12.5 Å². The molecule has 0 aliphatic carbocycles. The van der Waals surface area contributed by atoms with Gasteiger partial charge in [0.05, 0.1) is 0 Å². The van der Waals surface area contributed by atoms with Crippen molar-refractivity contribution in [1.29, 1.82) is 5.41 Å². The van der Waals surface area contributed by atoms with Crippen LogP contribution in [0, 0.1) is 5.41 Å². The largest absolute Gasteiger partial charge is 0.489 e. The van der Waals surface area contributed by atoms with E-state index in [1.165, 1.54) is 17.3 Å². The molecular formula is C10H12N2OS. The lowest BCUT2D eigenvalue weighted by molar-refractivity contribution is 0.259. The van der Waals surface area contributed by atoms with Gasteiger partial charge in [-0.25, -0.2) is 0 Å². The molecule has 1 unspecified atom stereocenters. The lowest BCUT2D eigenvalue weighted by Gasteiger charge is -2.08. The first-order valence-corrected chi connectivity index (χ1v) is 5.45. The molecule has 0 fully saturated rings. The van der Waals surface area contributed by atoms with Gasteiger partial charge in [-0.2, -0.15) is 0 Å². The number of hydrogen-bond donors (Lipinski definition) is 2. The van der Waals surface area contributed by atoms with Gasteiger partial charge in [0.1, 0.15) is 11.9 Å². The molecule has 1 aliphatic heterocycles. The van der Waals surface area contributed by atoms with Crippen LogP contribution in [0.3, 0.4) is 0 Å². The highest BCUT2D eigenvalue weighted by Crippen LogP contribution is 2.29. The van der Waals surface area contributed by atoms with Crippen LogP contribution < -0.4 is 10.5 Å². The molecule has 0 spiro atoms. The van der Waals surface area contributed by atoms with E-state index in [4.69, 9.17) is 15.9 Å². The summed E-state index contributed by atoms with van der Waals surface area (Å²) in [7, 11) is 0. The van der Waals surface area contributed by atoms with Crippen molar-refractivity contribution in [2.24, 2.45) is 5.73 Å².